The predicted molar refractivity (Wildman–Crippen MR) is 80.0 cm³/mol. The number of rotatable bonds is 9. The molecule has 0 fully saturated rings. The van der Waals surface area contributed by atoms with Gasteiger partial charge in [-0.3, -0.25) is 0 Å². The number of carboxylic acid groups (broad SMARTS) is 6. The minimum absolute atomic E-state index is 0. The first-order chi connectivity index (χ1) is 12.1. The van der Waals surface area contributed by atoms with E-state index in [-0.39, 0.29) is 62.1 Å². The Hall–Kier alpha value is -2.44. The number of hydrogen-bond acceptors (Lipinski definition) is 15. The van der Waals surface area contributed by atoms with Gasteiger partial charge in [-0.25, -0.2) is 0 Å². The van der Waals surface area contributed by atoms with E-state index < -0.39 is 73.4 Å². The van der Waals surface area contributed by atoms with Gasteiger partial charge in [0.05, 0.1) is 36.2 Å². The fraction of sp³-hybridized carbons (Fsp3) is 0.500. The molecule has 0 aliphatic rings. The molecule has 2 radical (unpaired) electrons. The molecule has 0 aliphatic heterocycles. The molecule has 34 heavy (non-hydrogen) atoms. The molecule has 20 nitrogen and oxygen atoms in total. The van der Waals surface area contributed by atoms with Crippen LogP contribution in [0.15, 0.2) is 0 Å². The van der Waals surface area contributed by atoms with E-state index in [1.165, 1.54) is 0 Å². The fourth-order valence-electron chi connectivity index (χ4n) is 0.724. The largest absolute Gasteiger partial charge is 3.00 e. The van der Waals surface area contributed by atoms with Crippen LogP contribution in [0.5, 0.6) is 0 Å². The van der Waals surface area contributed by atoms with Gasteiger partial charge in [-0.1, -0.05) is 0 Å². The first-order valence-electron chi connectivity index (χ1n) is 6.38. The average molecular weight is 590 g/mol. The van der Waals surface area contributed by atoms with Gasteiger partial charge < -0.3 is 102 Å². The van der Waals surface area contributed by atoms with Crippen molar-refractivity contribution >= 4 is 35.8 Å². The summed E-state index contributed by atoms with van der Waals surface area (Å²) in [7, 11) is 0. The molecule has 0 saturated carbocycles. The third-order valence-electron chi connectivity index (χ3n) is 1.90. The molecular formula is C12H22Cr2O20. The van der Waals surface area contributed by atoms with Crippen LogP contribution in [0.1, 0.15) is 19.3 Å². The Balaban J connectivity index is -0.0000000288. The number of aliphatic hydroxyl groups is 3. The van der Waals surface area contributed by atoms with Crippen LogP contribution in [0.25, 0.3) is 0 Å². The number of carbonyl (C=O) groups excluding carboxylic acids is 6. The summed E-state index contributed by atoms with van der Waals surface area (Å²) in [6, 6.07) is 0. The number of aliphatic hydroxyl groups excluding tert-OH is 3. The Morgan fingerprint density at radius 3 is 0.588 bits per heavy atom. The summed E-state index contributed by atoms with van der Waals surface area (Å²) in [6.45, 7) is 0. The zero-order valence-electron chi connectivity index (χ0n) is 16.4. The summed E-state index contributed by atoms with van der Waals surface area (Å²) in [4.78, 5) is 57.4. The molecule has 13 N–H and O–H groups in total. The SMILES string of the molecule is O.O.O.O.O.O=C([O-])CC(O)C(=O)[O-].O=C([O-])CC(O)C(=O)[O-].O=C([O-])CC(O)C(=O)[O-].[Cr+3].[Cr+3]. The molecule has 0 aromatic carbocycles. The van der Waals surface area contributed by atoms with E-state index in [0.29, 0.717) is 0 Å². The maximum absolute atomic E-state index is 9.58. The quantitative estimate of drug-likeness (QED) is 0.224. The second kappa shape index (κ2) is 35.2. The van der Waals surface area contributed by atoms with Crippen LogP contribution in [0, 0.1) is 0 Å². The van der Waals surface area contributed by atoms with Crippen LogP contribution in [0.2, 0.25) is 0 Å². The average Bonchev–Trinajstić information content (AvgIpc) is 2.46. The van der Waals surface area contributed by atoms with Crippen LogP contribution in [0.3, 0.4) is 0 Å². The Kier molecular flexibility index (Phi) is 65.6. The van der Waals surface area contributed by atoms with Crippen molar-refractivity contribution in [2.24, 2.45) is 0 Å². The second-order valence-corrected chi connectivity index (χ2v) is 4.23. The van der Waals surface area contributed by atoms with Crippen LogP contribution < -0.4 is 30.6 Å². The number of carbonyl (C=O) groups is 6. The predicted octanol–water partition coefficient (Wildman–Crippen LogP) is -15.4. The fourth-order valence-corrected chi connectivity index (χ4v) is 0.724. The van der Waals surface area contributed by atoms with E-state index in [1.807, 2.05) is 0 Å². The van der Waals surface area contributed by atoms with Gasteiger partial charge in [-0.15, -0.1) is 0 Å². The molecule has 3 atom stereocenters. The topological polar surface area (TPSA) is 459 Å². The number of hydrogen-bond donors (Lipinski definition) is 3. The molecule has 202 valence electrons. The zero-order valence-corrected chi connectivity index (χ0v) is 19.0. The van der Waals surface area contributed by atoms with Crippen molar-refractivity contribution < 1.29 is 137 Å². The van der Waals surface area contributed by atoms with E-state index >= 15 is 0 Å². The van der Waals surface area contributed by atoms with Gasteiger partial charge in [-0.05, 0) is 0 Å². The Morgan fingerprint density at radius 1 is 0.441 bits per heavy atom. The van der Waals surface area contributed by atoms with Gasteiger partial charge >= 0.3 is 34.7 Å². The van der Waals surface area contributed by atoms with Crippen molar-refractivity contribution in [3.8, 4) is 0 Å². The van der Waals surface area contributed by atoms with Crippen molar-refractivity contribution in [3.05, 3.63) is 0 Å². The normalized spacial score (nSPS) is 9.97. The first-order valence-corrected chi connectivity index (χ1v) is 6.38. The van der Waals surface area contributed by atoms with E-state index in [9.17, 15) is 59.4 Å². The summed E-state index contributed by atoms with van der Waals surface area (Å²) in [5, 5.41) is 82.0. The molecule has 0 amide bonds. The second-order valence-electron chi connectivity index (χ2n) is 4.23. The maximum atomic E-state index is 9.58. The molecule has 0 saturated heterocycles. The van der Waals surface area contributed by atoms with Gasteiger partial charge in [0, 0.05) is 37.2 Å². The Labute approximate surface area is 210 Å². The molecule has 0 heterocycles. The molecule has 0 aliphatic carbocycles. The van der Waals surface area contributed by atoms with Crippen molar-refractivity contribution in [1.82, 2.24) is 0 Å². The Morgan fingerprint density at radius 2 is 0.559 bits per heavy atom. The molecular weight excluding hydrogens is 568 g/mol. The standard InChI is InChI=1S/3C4H6O5.2Cr.5H2O/c3*5-2(4(8)9)1-3(6)7;;;;;;;/h3*2,5H,1H2,(H,6,7)(H,8,9);;;5*1H2/q;;;2*+3;;;;;/p-6. The van der Waals surface area contributed by atoms with Gasteiger partial charge in [0.1, 0.15) is 0 Å². The summed E-state index contributed by atoms with van der Waals surface area (Å²) in [5.41, 5.74) is 0. The molecule has 0 spiro atoms. The summed E-state index contributed by atoms with van der Waals surface area (Å²) in [6.07, 6.45) is -8.67. The minimum atomic E-state index is -1.96. The third-order valence-corrected chi connectivity index (χ3v) is 1.90. The third kappa shape index (κ3) is 51.9. The van der Waals surface area contributed by atoms with Gasteiger partial charge in [-0.2, -0.15) is 0 Å². The van der Waals surface area contributed by atoms with Gasteiger partial charge in [0.15, 0.2) is 0 Å². The Bertz CT molecular complexity index is 478. The van der Waals surface area contributed by atoms with Crippen LogP contribution in [-0.4, -0.2) is 96.8 Å². The molecule has 0 aromatic heterocycles. The van der Waals surface area contributed by atoms with Crippen LogP contribution in [-0.2, 0) is 63.5 Å². The summed E-state index contributed by atoms with van der Waals surface area (Å²) in [5.74, 6) is -10.3. The van der Waals surface area contributed by atoms with Gasteiger partial charge in [0.25, 0.3) is 0 Å². The van der Waals surface area contributed by atoms with Crippen molar-refractivity contribution in [3.63, 3.8) is 0 Å². The summed E-state index contributed by atoms with van der Waals surface area (Å²) < 4.78 is 0. The first kappa shape index (κ1) is 63.4. The van der Waals surface area contributed by atoms with E-state index in [0.717, 1.165) is 0 Å². The number of aliphatic carboxylic acids is 6. The minimum Gasteiger partial charge on any atom is -0.550 e. The zero-order chi connectivity index (χ0) is 22.3. The number of carboxylic acids is 6. The molecule has 0 bridgehead atoms. The van der Waals surface area contributed by atoms with E-state index in [2.05, 4.69) is 0 Å². The van der Waals surface area contributed by atoms with Crippen molar-refractivity contribution in [2.45, 2.75) is 37.6 Å². The van der Waals surface area contributed by atoms with E-state index in [1.54, 1.807) is 0 Å². The summed E-state index contributed by atoms with van der Waals surface area (Å²) >= 11 is 0. The molecule has 3 unspecified atom stereocenters. The van der Waals surface area contributed by atoms with Crippen molar-refractivity contribution in [2.75, 3.05) is 0 Å². The van der Waals surface area contributed by atoms with Crippen LogP contribution in [0.4, 0.5) is 0 Å². The molecule has 0 rings (SSSR count). The monoisotopic (exact) mass is 590 g/mol. The maximum Gasteiger partial charge on any atom is 3.00 e. The van der Waals surface area contributed by atoms with Crippen LogP contribution >= 0.6 is 0 Å². The molecule has 0 aromatic rings. The molecule has 22 heteroatoms. The van der Waals surface area contributed by atoms with Gasteiger partial charge in [0.2, 0.25) is 0 Å². The smallest absolute Gasteiger partial charge is 0.550 e. The van der Waals surface area contributed by atoms with E-state index in [4.69, 9.17) is 15.3 Å². The van der Waals surface area contributed by atoms with Crippen molar-refractivity contribution in [1.29, 1.82) is 0 Å².